The Morgan fingerprint density at radius 1 is 1.44 bits per heavy atom. The zero-order valence-electron chi connectivity index (χ0n) is 13.7. The molecular formula is C14H16ClFN4O4S. The highest BCUT2D eigenvalue weighted by Crippen LogP contribution is 2.20. The Morgan fingerprint density at radius 2 is 2.08 bits per heavy atom. The minimum atomic E-state index is -3.70. The van der Waals surface area contributed by atoms with Crippen LogP contribution in [-0.4, -0.2) is 34.9 Å². The second kappa shape index (κ2) is 6.96. The van der Waals surface area contributed by atoms with E-state index >= 15 is 0 Å². The summed E-state index contributed by atoms with van der Waals surface area (Å²) in [5.41, 5.74) is -0.249. The molecule has 2 aromatic rings. The van der Waals surface area contributed by atoms with Crippen molar-refractivity contribution in [1.82, 2.24) is 19.7 Å². The lowest BCUT2D eigenvalue weighted by Crippen LogP contribution is -2.34. The fourth-order valence-electron chi connectivity index (χ4n) is 2.18. The molecule has 0 aliphatic heterocycles. The molecule has 136 valence electrons. The van der Waals surface area contributed by atoms with Gasteiger partial charge in [0.1, 0.15) is 12.4 Å². The average Bonchev–Trinajstić information content (AvgIpc) is 2.78. The number of carbonyl (C=O) groups is 1. The van der Waals surface area contributed by atoms with Gasteiger partial charge < -0.3 is 5.32 Å². The lowest BCUT2D eigenvalue weighted by Gasteiger charge is -2.14. The van der Waals surface area contributed by atoms with Gasteiger partial charge in [0.05, 0.1) is 11.1 Å². The number of halogens is 2. The molecule has 0 bridgehead atoms. The summed E-state index contributed by atoms with van der Waals surface area (Å²) < 4.78 is 38.2. The highest BCUT2D eigenvalue weighted by molar-refractivity contribution is 7.90. The second-order valence-electron chi connectivity index (χ2n) is 5.52. The summed E-state index contributed by atoms with van der Waals surface area (Å²) in [5.74, 6) is -1.19. The van der Waals surface area contributed by atoms with Crippen molar-refractivity contribution in [3.63, 3.8) is 0 Å². The first-order chi connectivity index (χ1) is 11.5. The molecule has 1 heterocycles. The van der Waals surface area contributed by atoms with E-state index in [0.717, 1.165) is 15.5 Å². The van der Waals surface area contributed by atoms with E-state index in [-0.39, 0.29) is 5.02 Å². The van der Waals surface area contributed by atoms with Crippen molar-refractivity contribution in [2.75, 3.05) is 6.26 Å². The molecule has 0 unspecified atom stereocenters. The lowest BCUT2D eigenvalue weighted by molar-refractivity contribution is -0.122. The molecule has 0 saturated carbocycles. The fourth-order valence-corrected chi connectivity index (χ4v) is 3.12. The highest BCUT2D eigenvalue weighted by Gasteiger charge is 2.21. The smallest absolute Gasteiger partial charge is 0.346 e. The quantitative estimate of drug-likeness (QED) is 0.807. The van der Waals surface area contributed by atoms with Crippen LogP contribution in [0.2, 0.25) is 5.02 Å². The molecule has 8 nitrogen and oxygen atoms in total. The molecule has 11 heteroatoms. The molecule has 1 N–H and O–H groups in total. The number of sulfone groups is 1. The Bertz CT molecular complexity index is 983. The van der Waals surface area contributed by atoms with Crippen LogP contribution in [0.4, 0.5) is 4.39 Å². The van der Waals surface area contributed by atoms with E-state index < -0.39 is 45.0 Å². The monoisotopic (exact) mass is 390 g/mol. The minimum Gasteiger partial charge on any atom is -0.348 e. The van der Waals surface area contributed by atoms with Gasteiger partial charge in [0.15, 0.2) is 0 Å². The van der Waals surface area contributed by atoms with Crippen molar-refractivity contribution < 1.29 is 17.6 Å². The molecule has 1 aromatic heterocycles. The number of amides is 1. The zero-order chi connectivity index (χ0) is 18.9. The summed E-state index contributed by atoms with van der Waals surface area (Å²) in [6.07, 6.45) is 0.913. The molecule has 1 aromatic carbocycles. The van der Waals surface area contributed by atoms with Gasteiger partial charge >= 0.3 is 5.69 Å². The summed E-state index contributed by atoms with van der Waals surface area (Å²) in [6.45, 7) is 1.16. The standard InChI is InChI=1S/C14H16ClFN4O4S/c1-8(9-4-5-10(15)11(16)6-9)17-12(21)7-20-14(22)19(2)13(18-20)25(3,23)24/h4-6,8H,7H2,1-3H3,(H,17,21)/t8-/m0/s1. The van der Waals surface area contributed by atoms with E-state index in [1.807, 2.05) is 0 Å². The normalized spacial score (nSPS) is 12.8. The molecular weight excluding hydrogens is 375 g/mol. The van der Waals surface area contributed by atoms with E-state index in [9.17, 15) is 22.4 Å². The first kappa shape index (κ1) is 19.1. The number of rotatable bonds is 5. The van der Waals surface area contributed by atoms with Crippen LogP contribution in [0, 0.1) is 5.82 Å². The van der Waals surface area contributed by atoms with Gasteiger partial charge in [0, 0.05) is 13.3 Å². The van der Waals surface area contributed by atoms with Crippen LogP contribution in [0.15, 0.2) is 28.2 Å². The second-order valence-corrected chi connectivity index (χ2v) is 7.83. The topological polar surface area (TPSA) is 103 Å². The summed E-state index contributed by atoms with van der Waals surface area (Å²) >= 11 is 5.61. The average molecular weight is 391 g/mol. The summed E-state index contributed by atoms with van der Waals surface area (Å²) in [6, 6.07) is 3.58. The largest absolute Gasteiger partial charge is 0.348 e. The van der Waals surface area contributed by atoms with Crippen molar-refractivity contribution in [3.05, 3.63) is 45.1 Å². The Labute approximate surface area is 148 Å². The Balaban J connectivity index is 2.15. The number of nitrogens with zero attached hydrogens (tertiary/aromatic N) is 3. The summed E-state index contributed by atoms with van der Waals surface area (Å²) in [7, 11) is -2.45. The predicted octanol–water partition coefficient (Wildman–Crippen LogP) is 0.655. The van der Waals surface area contributed by atoms with Gasteiger partial charge in [-0.15, -0.1) is 5.10 Å². The van der Waals surface area contributed by atoms with Crippen LogP contribution in [0.25, 0.3) is 0 Å². The van der Waals surface area contributed by atoms with E-state index in [2.05, 4.69) is 10.4 Å². The van der Waals surface area contributed by atoms with Crippen molar-refractivity contribution in [1.29, 1.82) is 0 Å². The molecule has 2 rings (SSSR count). The number of carbonyl (C=O) groups excluding carboxylic acids is 1. The SMILES string of the molecule is C[C@H](NC(=O)Cn1nc(S(C)(=O)=O)n(C)c1=O)c1ccc(Cl)c(F)c1. The third-order valence-electron chi connectivity index (χ3n) is 3.45. The first-order valence-electron chi connectivity index (χ1n) is 7.09. The van der Waals surface area contributed by atoms with Crippen LogP contribution in [0.5, 0.6) is 0 Å². The summed E-state index contributed by atoms with van der Waals surface area (Å²) in [5, 5.41) is 5.78. The molecule has 0 aliphatic carbocycles. The van der Waals surface area contributed by atoms with E-state index in [1.165, 1.54) is 19.2 Å². The van der Waals surface area contributed by atoms with Gasteiger partial charge in [0.2, 0.25) is 20.9 Å². The first-order valence-corrected chi connectivity index (χ1v) is 9.36. The van der Waals surface area contributed by atoms with Gasteiger partial charge in [-0.2, -0.15) is 0 Å². The molecule has 1 atom stereocenters. The van der Waals surface area contributed by atoms with Crippen molar-refractivity contribution in [3.8, 4) is 0 Å². The van der Waals surface area contributed by atoms with Gasteiger partial charge in [-0.25, -0.2) is 22.3 Å². The predicted molar refractivity (Wildman–Crippen MR) is 88.5 cm³/mol. The maximum Gasteiger partial charge on any atom is 0.346 e. The Morgan fingerprint density at radius 3 is 2.60 bits per heavy atom. The molecule has 0 spiro atoms. The van der Waals surface area contributed by atoms with Crippen LogP contribution < -0.4 is 11.0 Å². The molecule has 0 saturated heterocycles. The molecule has 0 radical (unpaired) electrons. The van der Waals surface area contributed by atoms with Gasteiger partial charge in [0.25, 0.3) is 0 Å². The fraction of sp³-hybridized carbons (Fsp3) is 0.357. The van der Waals surface area contributed by atoms with Crippen molar-refractivity contribution in [2.45, 2.75) is 24.7 Å². The van der Waals surface area contributed by atoms with Crippen LogP contribution in [0.3, 0.4) is 0 Å². The molecule has 25 heavy (non-hydrogen) atoms. The maximum absolute atomic E-state index is 13.5. The van der Waals surface area contributed by atoms with E-state index in [4.69, 9.17) is 11.6 Å². The van der Waals surface area contributed by atoms with E-state index in [0.29, 0.717) is 5.56 Å². The van der Waals surface area contributed by atoms with Gasteiger partial charge in [-0.05, 0) is 24.6 Å². The number of hydrogen-bond acceptors (Lipinski definition) is 5. The maximum atomic E-state index is 13.5. The summed E-state index contributed by atoms with van der Waals surface area (Å²) in [4.78, 5) is 24.0. The van der Waals surface area contributed by atoms with Gasteiger partial charge in [-0.3, -0.25) is 9.36 Å². The number of aromatic nitrogens is 3. The van der Waals surface area contributed by atoms with Crippen molar-refractivity contribution in [2.24, 2.45) is 7.05 Å². The number of benzene rings is 1. The molecule has 1 amide bonds. The zero-order valence-corrected chi connectivity index (χ0v) is 15.2. The highest BCUT2D eigenvalue weighted by atomic mass is 35.5. The lowest BCUT2D eigenvalue weighted by atomic mass is 10.1. The molecule has 0 fully saturated rings. The van der Waals surface area contributed by atoms with Crippen LogP contribution >= 0.6 is 11.6 Å². The van der Waals surface area contributed by atoms with Gasteiger partial charge in [-0.1, -0.05) is 17.7 Å². The third kappa shape index (κ3) is 4.26. The van der Waals surface area contributed by atoms with E-state index in [1.54, 1.807) is 13.0 Å². The van der Waals surface area contributed by atoms with Crippen LogP contribution in [0.1, 0.15) is 18.5 Å². The molecule has 0 aliphatic rings. The Kier molecular flexibility index (Phi) is 5.33. The number of nitrogens with one attached hydrogen (secondary N) is 1. The Hall–Kier alpha value is -2.20. The number of hydrogen-bond donors (Lipinski definition) is 1. The minimum absolute atomic E-state index is 0.0318. The van der Waals surface area contributed by atoms with Crippen molar-refractivity contribution >= 4 is 27.3 Å². The van der Waals surface area contributed by atoms with Crippen LogP contribution in [-0.2, 0) is 28.2 Å². The third-order valence-corrected chi connectivity index (χ3v) is 4.77.